The first-order valence-electron chi connectivity index (χ1n) is 7.94. The van der Waals surface area contributed by atoms with Gasteiger partial charge in [0.1, 0.15) is 6.04 Å². The standard InChI is InChI=1S/C20H15N3O3/c21-11-14-7-5-13(6-8-14)9-18(20(25)26)23-19(24)16-10-15-3-1-2-4-17(15)22-12-16/h1-8,10,12,18H,9H2,(H,23,24)(H,25,26)/t18-/m0/s1. The van der Waals surface area contributed by atoms with Crippen LogP contribution in [0.5, 0.6) is 0 Å². The lowest BCUT2D eigenvalue weighted by atomic mass is 10.0. The lowest BCUT2D eigenvalue weighted by Gasteiger charge is -2.15. The first kappa shape index (κ1) is 17.1. The van der Waals surface area contributed by atoms with E-state index in [1.165, 1.54) is 6.20 Å². The SMILES string of the molecule is N#Cc1ccc(C[C@H](NC(=O)c2cnc3ccccc3c2)C(=O)O)cc1. The van der Waals surface area contributed by atoms with Crippen molar-refractivity contribution in [3.8, 4) is 6.07 Å². The van der Waals surface area contributed by atoms with Gasteiger partial charge in [0.25, 0.3) is 5.91 Å². The zero-order chi connectivity index (χ0) is 18.5. The second-order valence-corrected chi connectivity index (χ2v) is 5.79. The summed E-state index contributed by atoms with van der Waals surface area (Å²) in [5.41, 5.74) is 2.27. The maximum absolute atomic E-state index is 12.4. The van der Waals surface area contributed by atoms with Crippen molar-refractivity contribution >= 4 is 22.8 Å². The van der Waals surface area contributed by atoms with Crippen molar-refractivity contribution in [2.24, 2.45) is 0 Å². The second-order valence-electron chi connectivity index (χ2n) is 5.79. The third-order valence-electron chi connectivity index (χ3n) is 3.98. The van der Waals surface area contributed by atoms with E-state index >= 15 is 0 Å². The van der Waals surface area contributed by atoms with Gasteiger partial charge in [-0.1, -0.05) is 30.3 Å². The molecule has 0 aliphatic carbocycles. The van der Waals surface area contributed by atoms with Crippen LogP contribution < -0.4 is 5.32 Å². The zero-order valence-corrected chi connectivity index (χ0v) is 13.7. The van der Waals surface area contributed by atoms with Crippen LogP contribution in [0.2, 0.25) is 0 Å². The fraction of sp³-hybridized carbons (Fsp3) is 0.100. The summed E-state index contributed by atoms with van der Waals surface area (Å²) in [6.45, 7) is 0. The number of rotatable bonds is 5. The van der Waals surface area contributed by atoms with E-state index in [0.717, 1.165) is 10.9 Å². The zero-order valence-electron chi connectivity index (χ0n) is 13.7. The summed E-state index contributed by atoms with van der Waals surface area (Å²) in [5.74, 6) is -1.62. The van der Waals surface area contributed by atoms with E-state index in [1.807, 2.05) is 30.3 Å². The van der Waals surface area contributed by atoms with Gasteiger partial charge in [-0.25, -0.2) is 4.79 Å². The minimum atomic E-state index is -1.13. The van der Waals surface area contributed by atoms with Crippen LogP contribution in [0.4, 0.5) is 0 Å². The van der Waals surface area contributed by atoms with Gasteiger partial charge < -0.3 is 10.4 Å². The molecule has 0 radical (unpaired) electrons. The summed E-state index contributed by atoms with van der Waals surface area (Å²) < 4.78 is 0. The molecule has 6 heteroatoms. The topological polar surface area (TPSA) is 103 Å². The number of nitriles is 1. The molecule has 0 aliphatic heterocycles. The number of aromatic nitrogens is 1. The number of carboxylic acids is 1. The molecular formula is C20H15N3O3. The van der Waals surface area contributed by atoms with Crippen LogP contribution in [0, 0.1) is 11.3 Å². The Morgan fingerprint density at radius 1 is 1.15 bits per heavy atom. The minimum absolute atomic E-state index is 0.119. The third-order valence-corrected chi connectivity index (χ3v) is 3.98. The number of para-hydroxylation sites is 1. The first-order chi connectivity index (χ1) is 12.6. The normalized spacial score (nSPS) is 11.5. The van der Waals surface area contributed by atoms with Crippen LogP contribution in [0.25, 0.3) is 10.9 Å². The van der Waals surface area contributed by atoms with Crippen molar-refractivity contribution in [2.75, 3.05) is 0 Å². The Morgan fingerprint density at radius 2 is 1.88 bits per heavy atom. The van der Waals surface area contributed by atoms with Gasteiger partial charge in [0, 0.05) is 18.0 Å². The second kappa shape index (κ2) is 7.45. The Kier molecular flexibility index (Phi) is 4.90. The Labute approximate surface area is 149 Å². The molecule has 1 aromatic heterocycles. The van der Waals surface area contributed by atoms with Gasteiger partial charge in [-0.3, -0.25) is 9.78 Å². The molecule has 26 heavy (non-hydrogen) atoms. The number of carbonyl (C=O) groups is 2. The summed E-state index contributed by atoms with van der Waals surface area (Å²) in [4.78, 5) is 28.2. The molecule has 128 valence electrons. The van der Waals surface area contributed by atoms with Crippen molar-refractivity contribution in [2.45, 2.75) is 12.5 Å². The summed E-state index contributed by atoms with van der Waals surface area (Å²) in [5, 5.41) is 21.6. The molecule has 1 heterocycles. The molecule has 2 N–H and O–H groups in total. The molecule has 1 atom stereocenters. The monoisotopic (exact) mass is 345 g/mol. The number of carboxylic acid groups (broad SMARTS) is 1. The highest BCUT2D eigenvalue weighted by Gasteiger charge is 2.21. The van der Waals surface area contributed by atoms with Crippen LogP contribution >= 0.6 is 0 Å². The Bertz CT molecular complexity index is 1010. The van der Waals surface area contributed by atoms with Crippen LogP contribution in [-0.4, -0.2) is 28.0 Å². The largest absolute Gasteiger partial charge is 0.480 e. The quantitative estimate of drug-likeness (QED) is 0.739. The smallest absolute Gasteiger partial charge is 0.326 e. The van der Waals surface area contributed by atoms with Crippen LogP contribution in [0.3, 0.4) is 0 Å². The van der Waals surface area contributed by atoms with Gasteiger partial charge in [0.15, 0.2) is 0 Å². The predicted molar refractivity (Wildman–Crippen MR) is 95.5 cm³/mol. The number of hydrogen-bond acceptors (Lipinski definition) is 4. The van der Waals surface area contributed by atoms with Gasteiger partial charge in [-0.2, -0.15) is 5.26 Å². The number of pyridine rings is 1. The van der Waals surface area contributed by atoms with Crippen LogP contribution in [0.15, 0.2) is 60.8 Å². The molecule has 0 unspecified atom stereocenters. The molecular weight excluding hydrogens is 330 g/mol. The predicted octanol–water partition coefficient (Wildman–Crippen LogP) is 2.53. The molecule has 0 aliphatic rings. The fourth-order valence-corrected chi connectivity index (χ4v) is 2.59. The molecule has 3 rings (SSSR count). The highest BCUT2D eigenvalue weighted by Crippen LogP contribution is 2.13. The van der Waals surface area contributed by atoms with E-state index in [4.69, 9.17) is 5.26 Å². The van der Waals surface area contributed by atoms with Crippen molar-refractivity contribution in [1.82, 2.24) is 10.3 Å². The van der Waals surface area contributed by atoms with Crippen LogP contribution in [-0.2, 0) is 11.2 Å². The number of aliphatic carboxylic acids is 1. The van der Waals surface area contributed by atoms with E-state index in [2.05, 4.69) is 10.3 Å². The number of benzene rings is 2. The molecule has 6 nitrogen and oxygen atoms in total. The summed E-state index contributed by atoms with van der Waals surface area (Å²) in [6.07, 6.45) is 1.55. The van der Waals surface area contributed by atoms with Gasteiger partial charge >= 0.3 is 5.97 Å². The van der Waals surface area contributed by atoms with Crippen molar-refractivity contribution in [3.05, 3.63) is 77.5 Å². The van der Waals surface area contributed by atoms with E-state index in [-0.39, 0.29) is 6.42 Å². The fourth-order valence-electron chi connectivity index (χ4n) is 2.59. The molecule has 0 fully saturated rings. The van der Waals surface area contributed by atoms with Gasteiger partial charge in [-0.05, 0) is 29.8 Å². The van der Waals surface area contributed by atoms with E-state index in [0.29, 0.717) is 16.7 Å². The summed E-state index contributed by atoms with van der Waals surface area (Å²) in [6, 6.07) is 16.6. The lowest BCUT2D eigenvalue weighted by molar-refractivity contribution is -0.139. The summed E-state index contributed by atoms with van der Waals surface area (Å²) in [7, 11) is 0. The molecule has 0 saturated carbocycles. The number of nitrogens with one attached hydrogen (secondary N) is 1. The third kappa shape index (κ3) is 3.84. The maximum atomic E-state index is 12.4. The highest BCUT2D eigenvalue weighted by molar-refractivity contribution is 5.99. The average Bonchev–Trinajstić information content (AvgIpc) is 2.67. The van der Waals surface area contributed by atoms with Gasteiger partial charge in [0.2, 0.25) is 0 Å². The summed E-state index contributed by atoms with van der Waals surface area (Å²) >= 11 is 0. The van der Waals surface area contributed by atoms with Gasteiger partial charge in [0.05, 0.1) is 22.7 Å². The number of nitrogens with zero attached hydrogens (tertiary/aromatic N) is 2. The maximum Gasteiger partial charge on any atom is 0.326 e. The molecule has 0 spiro atoms. The van der Waals surface area contributed by atoms with Crippen LogP contribution in [0.1, 0.15) is 21.5 Å². The Morgan fingerprint density at radius 3 is 2.58 bits per heavy atom. The first-order valence-corrected chi connectivity index (χ1v) is 7.94. The lowest BCUT2D eigenvalue weighted by Crippen LogP contribution is -2.42. The van der Waals surface area contributed by atoms with Crippen molar-refractivity contribution in [3.63, 3.8) is 0 Å². The Balaban J connectivity index is 1.76. The molecule has 3 aromatic rings. The van der Waals surface area contributed by atoms with E-state index in [1.54, 1.807) is 30.3 Å². The number of hydrogen-bond donors (Lipinski definition) is 2. The number of carbonyl (C=O) groups excluding carboxylic acids is 1. The van der Waals surface area contributed by atoms with E-state index < -0.39 is 17.9 Å². The molecule has 0 saturated heterocycles. The Hall–Kier alpha value is -3.72. The van der Waals surface area contributed by atoms with Gasteiger partial charge in [-0.15, -0.1) is 0 Å². The van der Waals surface area contributed by atoms with Crippen molar-refractivity contribution in [1.29, 1.82) is 5.26 Å². The molecule has 2 aromatic carbocycles. The average molecular weight is 345 g/mol. The van der Waals surface area contributed by atoms with E-state index in [9.17, 15) is 14.7 Å². The number of fused-ring (bicyclic) bond motifs is 1. The van der Waals surface area contributed by atoms with Crippen molar-refractivity contribution < 1.29 is 14.7 Å². The molecule has 0 bridgehead atoms. The minimum Gasteiger partial charge on any atom is -0.480 e. The highest BCUT2D eigenvalue weighted by atomic mass is 16.4. The number of amides is 1. The molecule has 1 amide bonds.